The average Bonchev–Trinajstić information content (AvgIpc) is 3.05. The molecule has 1 N–H and O–H groups in total. The maximum atomic E-state index is 5.76. The zero-order valence-electron chi connectivity index (χ0n) is 15.6. The third-order valence-corrected chi connectivity index (χ3v) is 3.64. The maximum absolute atomic E-state index is 5.76. The van der Waals surface area contributed by atoms with Crippen molar-refractivity contribution in [2.75, 3.05) is 20.8 Å². The lowest BCUT2D eigenvalue weighted by Gasteiger charge is -2.12. The van der Waals surface area contributed by atoms with Crippen molar-refractivity contribution in [2.24, 2.45) is 5.92 Å². The Morgan fingerprint density at radius 2 is 2.00 bits per heavy atom. The van der Waals surface area contributed by atoms with Crippen LogP contribution >= 0.6 is 0 Å². The Kier molecular flexibility index (Phi) is 7.01. The van der Waals surface area contributed by atoms with Gasteiger partial charge < -0.3 is 19.3 Å². The summed E-state index contributed by atoms with van der Waals surface area (Å²) in [6.45, 7) is 6.95. The molecule has 25 heavy (non-hydrogen) atoms. The predicted octanol–water partition coefficient (Wildman–Crippen LogP) is 3.43. The van der Waals surface area contributed by atoms with Gasteiger partial charge in [0.1, 0.15) is 0 Å². The standard InChI is InChI=1S/C19H27N3O3/c1-13(2)12-24-16-8-6-15(11-17(16)23-5)7-9-19-21-18(22-25-19)10-14(3)20-4/h6-9,11,13-14,20H,10,12H2,1-5H3/b9-7+. The number of likely N-dealkylation sites (N-methyl/N-ethyl adjacent to an activating group) is 1. The van der Waals surface area contributed by atoms with E-state index in [2.05, 4.69) is 36.2 Å². The first-order valence-electron chi connectivity index (χ1n) is 8.50. The van der Waals surface area contributed by atoms with E-state index in [4.69, 9.17) is 14.0 Å². The van der Waals surface area contributed by atoms with Crippen LogP contribution in [0.25, 0.3) is 12.2 Å². The van der Waals surface area contributed by atoms with Gasteiger partial charge in [-0.1, -0.05) is 25.1 Å². The van der Waals surface area contributed by atoms with E-state index in [1.54, 1.807) is 13.2 Å². The van der Waals surface area contributed by atoms with E-state index in [1.807, 2.05) is 31.3 Å². The molecule has 1 aromatic heterocycles. The minimum Gasteiger partial charge on any atom is -0.493 e. The van der Waals surface area contributed by atoms with Gasteiger partial charge in [0.05, 0.1) is 13.7 Å². The van der Waals surface area contributed by atoms with Crippen molar-refractivity contribution in [1.29, 1.82) is 0 Å². The molecule has 1 atom stereocenters. The van der Waals surface area contributed by atoms with Crippen LogP contribution < -0.4 is 14.8 Å². The molecule has 2 rings (SSSR count). The largest absolute Gasteiger partial charge is 0.493 e. The summed E-state index contributed by atoms with van der Waals surface area (Å²) in [6.07, 6.45) is 4.43. The third-order valence-electron chi connectivity index (χ3n) is 3.64. The number of nitrogens with zero attached hydrogens (tertiary/aromatic N) is 2. The molecular formula is C19H27N3O3. The molecule has 0 bridgehead atoms. The first-order chi connectivity index (χ1) is 12.0. The van der Waals surface area contributed by atoms with Gasteiger partial charge in [0.15, 0.2) is 17.3 Å². The molecule has 0 aliphatic rings. The van der Waals surface area contributed by atoms with Crippen LogP contribution in [0.15, 0.2) is 22.7 Å². The minimum absolute atomic E-state index is 0.303. The Labute approximate surface area is 149 Å². The van der Waals surface area contributed by atoms with E-state index in [0.717, 1.165) is 17.7 Å². The lowest BCUT2D eigenvalue weighted by molar-refractivity contribution is 0.257. The molecule has 136 valence electrons. The van der Waals surface area contributed by atoms with Crippen molar-refractivity contribution in [2.45, 2.75) is 33.2 Å². The molecule has 0 fully saturated rings. The summed E-state index contributed by atoms with van der Waals surface area (Å²) in [4.78, 5) is 4.36. The summed E-state index contributed by atoms with van der Waals surface area (Å²) in [6, 6.07) is 6.10. The van der Waals surface area contributed by atoms with Crippen LogP contribution in [0.2, 0.25) is 0 Å². The molecule has 1 unspecified atom stereocenters. The van der Waals surface area contributed by atoms with Gasteiger partial charge in [0.25, 0.3) is 5.89 Å². The lowest BCUT2D eigenvalue weighted by Crippen LogP contribution is -2.24. The topological polar surface area (TPSA) is 69.4 Å². The number of nitrogens with one attached hydrogen (secondary N) is 1. The van der Waals surface area contributed by atoms with E-state index in [0.29, 0.717) is 36.0 Å². The molecule has 0 amide bonds. The Balaban J connectivity index is 2.05. The number of aromatic nitrogens is 2. The molecule has 0 aliphatic heterocycles. The second kappa shape index (κ2) is 9.22. The molecule has 2 aromatic rings. The zero-order chi connectivity index (χ0) is 18.2. The molecule has 0 aliphatic carbocycles. The summed E-state index contributed by atoms with van der Waals surface area (Å²) in [7, 11) is 3.55. The Bertz CT molecular complexity index is 695. The van der Waals surface area contributed by atoms with Gasteiger partial charge in [0, 0.05) is 18.5 Å². The molecule has 6 nitrogen and oxygen atoms in total. The molecule has 0 radical (unpaired) electrons. The van der Waals surface area contributed by atoms with Gasteiger partial charge in [-0.05, 0) is 43.7 Å². The SMILES string of the molecule is CNC(C)Cc1noc(/C=C/c2ccc(OCC(C)C)c(OC)c2)n1. The van der Waals surface area contributed by atoms with Crippen molar-refractivity contribution < 1.29 is 14.0 Å². The fraction of sp³-hybridized carbons (Fsp3) is 0.474. The van der Waals surface area contributed by atoms with Crippen LogP contribution in [0, 0.1) is 5.92 Å². The van der Waals surface area contributed by atoms with E-state index in [1.165, 1.54) is 0 Å². The van der Waals surface area contributed by atoms with Gasteiger partial charge in [-0.15, -0.1) is 0 Å². The van der Waals surface area contributed by atoms with Gasteiger partial charge in [0.2, 0.25) is 0 Å². The average molecular weight is 345 g/mol. The number of ether oxygens (including phenoxy) is 2. The van der Waals surface area contributed by atoms with Gasteiger partial charge in [-0.2, -0.15) is 4.98 Å². The van der Waals surface area contributed by atoms with E-state index < -0.39 is 0 Å². The Morgan fingerprint density at radius 3 is 2.68 bits per heavy atom. The van der Waals surface area contributed by atoms with Crippen LogP contribution in [0.5, 0.6) is 11.5 Å². The Morgan fingerprint density at radius 1 is 1.20 bits per heavy atom. The van der Waals surface area contributed by atoms with Gasteiger partial charge in [-0.3, -0.25) is 0 Å². The number of hydrogen-bond acceptors (Lipinski definition) is 6. The summed E-state index contributed by atoms with van der Waals surface area (Å²) < 4.78 is 16.4. The maximum Gasteiger partial charge on any atom is 0.250 e. The second-order valence-electron chi connectivity index (χ2n) is 6.39. The van der Waals surface area contributed by atoms with Gasteiger partial charge >= 0.3 is 0 Å². The van der Waals surface area contributed by atoms with Crippen molar-refractivity contribution >= 4 is 12.2 Å². The second-order valence-corrected chi connectivity index (χ2v) is 6.39. The van der Waals surface area contributed by atoms with Crippen LogP contribution in [0.3, 0.4) is 0 Å². The predicted molar refractivity (Wildman–Crippen MR) is 98.8 cm³/mol. The highest BCUT2D eigenvalue weighted by Crippen LogP contribution is 2.29. The molecule has 0 saturated carbocycles. The zero-order valence-corrected chi connectivity index (χ0v) is 15.6. The van der Waals surface area contributed by atoms with Gasteiger partial charge in [-0.25, -0.2) is 0 Å². The highest BCUT2D eigenvalue weighted by molar-refractivity contribution is 5.67. The van der Waals surface area contributed by atoms with Crippen molar-refractivity contribution in [3.05, 3.63) is 35.5 Å². The van der Waals surface area contributed by atoms with Crippen LogP contribution in [0.4, 0.5) is 0 Å². The Hall–Kier alpha value is -2.34. The summed E-state index contributed by atoms with van der Waals surface area (Å²) in [5, 5.41) is 7.13. The van der Waals surface area contributed by atoms with Crippen LogP contribution in [-0.4, -0.2) is 36.9 Å². The quantitative estimate of drug-likeness (QED) is 0.751. The first kappa shape index (κ1) is 19.0. The number of methoxy groups -OCH3 is 1. The van der Waals surface area contributed by atoms with E-state index in [-0.39, 0.29) is 0 Å². The first-order valence-corrected chi connectivity index (χ1v) is 8.50. The highest BCUT2D eigenvalue weighted by atomic mass is 16.5. The summed E-state index contributed by atoms with van der Waals surface area (Å²) >= 11 is 0. The van der Waals surface area contributed by atoms with E-state index >= 15 is 0 Å². The fourth-order valence-corrected chi connectivity index (χ4v) is 2.13. The van der Waals surface area contributed by atoms with Crippen LogP contribution in [0.1, 0.15) is 38.0 Å². The number of benzene rings is 1. The lowest BCUT2D eigenvalue weighted by atomic mass is 10.2. The normalized spacial score (nSPS) is 12.7. The highest BCUT2D eigenvalue weighted by Gasteiger charge is 2.08. The third kappa shape index (κ3) is 5.90. The smallest absolute Gasteiger partial charge is 0.250 e. The number of hydrogen-bond donors (Lipinski definition) is 1. The van der Waals surface area contributed by atoms with E-state index in [9.17, 15) is 0 Å². The number of rotatable bonds is 9. The molecule has 6 heteroatoms. The summed E-state index contributed by atoms with van der Waals surface area (Å²) in [5.74, 6) is 3.09. The molecular weight excluding hydrogens is 318 g/mol. The van der Waals surface area contributed by atoms with Crippen LogP contribution in [-0.2, 0) is 6.42 Å². The van der Waals surface area contributed by atoms with Crippen molar-refractivity contribution in [3.63, 3.8) is 0 Å². The molecule has 1 heterocycles. The molecule has 0 spiro atoms. The molecule has 0 saturated heterocycles. The monoisotopic (exact) mass is 345 g/mol. The van der Waals surface area contributed by atoms with Crippen molar-refractivity contribution in [3.8, 4) is 11.5 Å². The fourth-order valence-electron chi connectivity index (χ4n) is 2.13. The minimum atomic E-state index is 0.303. The molecule has 1 aromatic carbocycles. The summed E-state index contributed by atoms with van der Waals surface area (Å²) in [5.41, 5.74) is 0.970. The van der Waals surface area contributed by atoms with Crippen molar-refractivity contribution in [1.82, 2.24) is 15.5 Å².